The number of carboxylic acid groups (broad SMARTS) is 1. The van der Waals surface area contributed by atoms with Gasteiger partial charge in [-0.05, 0) is 116 Å². The molecule has 0 aliphatic carbocycles. The van der Waals surface area contributed by atoms with Gasteiger partial charge < -0.3 is 20.9 Å². The first-order valence-corrected chi connectivity index (χ1v) is 23.8. The number of carbonyl (C=O) groups excluding carboxylic acids is 2. The Kier molecular flexibility index (Phi) is 41.8. The summed E-state index contributed by atoms with van der Waals surface area (Å²) in [4.78, 5) is 36.5. The summed E-state index contributed by atoms with van der Waals surface area (Å²) in [5, 5.41) is 12.0. The van der Waals surface area contributed by atoms with Crippen LogP contribution in [0.3, 0.4) is 0 Å². The fourth-order valence-electron chi connectivity index (χ4n) is 7.06. The molecule has 0 aromatic rings. The van der Waals surface area contributed by atoms with Crippen LogP contribution in [0.5, 0.6) is 0 Å². The van der Waals surface area contributed by atoms with E-state index in [9.17, 15) is 19.5 Å². The summed E-state index contributed by atoms with van der Waals surface area (Å²) < 4.78 is 6.05. The first-order chi connectivity index (χ1) is 27.4. The van der Waals surface area contributed by atoms with Gasteiger partial charge in [-0.15, -0.1) is 0 Å². The quantitative estimate of drug-likeness (QED) is 0.0322. The number of nitrogens with one attached hydrogen (secondary N) is 1. The van der Waals surface area contributed by atoms with Gasteiger partial charge in [0.2, 0.25) is 5.91 Å². The van der Waals surface area contributed by atoms with Crippen molar-refractivity contribution in [1.29, 1.82) is 0 Å². The number of amides is 1. The van der Waals surface area contributed by atoms with E-state index >= 15 is 0 Å². The van der Waals surface area contributed by atoms with Crippen molar-refractivity contribution in [2.45, 2.75) is 251 Å². The molecule has 0 bridgehead atoms. The van der Waals surface area contributed by atoms with Crippen molar-refractivity contribution in [3.63, 3.8) is 0 Å². The molecule has 0 heterocycles. The molecular formula is C49H90N2O5. The van der Waals surface area contributed by atoms with Gasteiger partial charge in [0, 0.05) is 12.8 Å². The van der Waals surface area contributed by atoms with Gasteiger partial charge in [0.1, 0.15) is 12.1 Å². The van der Waals surface area contributed by atoms with E-state index in [1.165, 1.54) is 116 Å². The van der Waals surface area contributed by atoms with Crippen molar-refractivity contribution >= 4 is 17.8 Å². The highest BCUT2D eigenvalue weighted by Gasteiger charge is 2.19. The summed E-state index contributed by atoms with van der Waals surface area (Å²) in [7, 11) is 0. The van der Waals surface area contributed by atoms with E-state index in [0.29, 0.717) is 32.2 Å². The van der Waals surface area contributed by atoms with Gasteiger partial charge in [-0.2, -0.15) is 0 Å². The third kappa shape index (κ3) is 39.8. The third-order valence-corrected chi connectivity index (χ3v) is 10.7. The van der Waals surface area contributed by atoms with Crippen LogP contribution in [-0.2, 0) is 19.1 Å². The number of carbonyl (C=O) groups is 3. The van der Waals surface area contributed by atoms with E-state index in [2.05, 4.69) is 55.6 Å². The van der Waals surface area contributed by atoms with Crippen LogP contribution in [0, 0.1) is 0 Å². The number of ether oxygens (including phenoxy) is 1. The predicted octanol–water partition coefficient (Wildman–Crippen LogP) is 13.8. The van der Waals surface area contributed by atoms with E-state index in [-0.39, 0.29) is 18.0 Å². The van der Waals surface area contributed by atoms with Crippen LogP contribution in [0.2, 0.25) is 0 Å². The van der Waals surface area contributed by atoms with Gasteiger partial charge in [0.15, 0.2) is 0 Å². The van der Waals surface area contributed by atoms with Crippen molar-refractivity contribution in [3.05, 3.63) is 36.5 Å². The maximum absolute atomic E-state index is 12.8. The molecule has 0 aromatic carbocycles. The molecule has 56 heavy (non-hydrogen) atoms. The highest BCUT2D eigenvalue weighted by Crippen LogP contribution is 2.18. The summed E-state index contributed by atoms with van der Waals surface area (Å²) in [5.74, 6) is -1.25. The van der Waals surface area contributed by atoms with Crippen LogP contribution >= 0.6 is 0 Å². The Hall–Kier alpha value is -2.41. The fraction of sp³-hybridized carbons (Fsp3) is 0.816. The lowest BCUT2D eigenvalue weighted by Gasteiger charge is -2.18. The molecular weight excluding hydrogens is 697 g/mol. The molecule has 0 saturated carbocycles. The number of rotatable bonds is 43. The lowest BCUT2D eigenvalue weighted by atomic mass is 10.0. The maximum atomic E-state index is 12.8. The Morgan fingerprint density at radius 1 is 0.518 bits per heavy atom. The largest absolute Gasteiger partial charge is 0.480 e. The van der Waals surface area contributed by atoms with Crippen LogP contribution in [0.1, 0.15) is 239 Å². The fourth-order valence-corrected chi connectivity index (χ4v) is 7.06. The number of unbranched alkanes of at least 4 members (excludes halogenated alkanes) is 23. The molecule has 4 N–H and O–H groups in total. The van der Waals surface area contributed by atoms with Crippen LogP contribution < -0.4 is 11.1 Å². The zero-order valence-corrected chi connectivity index (χ0v) is 36.7. The van der Waals surface area contributed by atoms with Gasteiger partial charge in [-0.3, -0.25) is 9.59 Å². The average Bonchev–Trinajstić information content (AvgIpc) is 3.18. The first kappa shape index (κ1) is 53.6. The summed E-state index contributed by atoms with van der Waals surface area (Å²) in [6, 6.07) is -0.860. The molecule has 1 amide bonds. The highest BCUT2D eigenvalue weighted by atomic mass is 16.5. The van der Waals surface area contributed by atoms with E-state index in [1.807, 2.05) is 0 Å². The zero-order valence-electron chi connectivity index (χ0n) is 36.7. The van der Waals surface area contributed by atoms with Gasteiger partial charge >= 0.3 is 11.9 Å². The average molecular weight is 787 g/mol. The minimum Gasteiger partial charge on any atom is -0.480 e. The molecule has 7 nitrogen and oxygen atoms in total. The van der Waals surface area contributed by atoms with Crippen molar-refractivity contribution in [3.8, 4) is 0 Å². The highest BCUT2D eigenvalue weighted by molar-refractivity contribution is 5.83. The Labute approximate surface area is 345 Å². The predicted molar refractivity (Wildman–Crippen MR) is 239 cm³/mol. The van der Waals surface area contributed by atoms with Crippen LogP contribution in [0.15, 0.2) is 36.5 Å². The van der Waals surface area contributed by atoms with E-state index in [0.717, 1.165) is 83.5 Å². The smallest absolute Gasteiger partial charge is 0.326 e. The molecule has 7 heteroatoms. The minimum atomic E-state index is -1.01. The first-order valence-electron chi connectivity index (χ1n) is 23.8. The van der Waals surface area contributed by atoms with Gasteiger partial charge in [0.05, 0.1) is 0 Å². The van der Waals surface area contributed by atoms with Crippen molar-refractivity contribution < 1.29 is 24.2 Å². The van der Waals surface area contributed by atoms with E-state index < -0.39 is 12.0 Å². The maximum Gasteiger partial charge on any atom is 0.326 e. The second kappa shape index (κ2) is 43.7. The molecule has 0 aromatic heterocycles. The minimum absolute atomic E-state index is 0.0134. The number of carboxylic acids is 1. The molecule has 2 unspecified atom stereocenters. The van der Waals surface area contributed by atoms with E-state index in [4.69, 9.17) is 10.5 Å². The summed E-state index contributed by atoms with van der Waals surface area (Å²) in [6.45, 7) is 4.94. The number of allylic oxidation sites excluding steroid dienone is 6. The molecule has 0 saturated heterocycles. The van der Waals surface area contributed by atoms with Crippen LogP contribution in [0.4, 0.5) is 0 Å². The monoisotopic (exact) mass is 787 g/mol. The number of hydrogen-bond acceptors (Lipinski definition) is 5. The topological polar surface area (TPSA) is 119 Å². The van der Waals surface area contributed by atoms with Crippen molar-refractivity contribution in [2.75, 3.05) is 6.54 Å². The van der Waals surface area contributed by atoms with Gasteiger partial charge in [-0.1, -0.05) is 153 Å². The van der Waals surface area contributed by atoms with Crippen molar-refractivity contribution in [1.82, 2.24) is 5.32 Å². The normalized spacial score (nSPS) is 12.9. The third-order valence-electron chi connectivity index (χ3n) is 10.7. The molecule has 0 rings (SSSR count). The second-order valence-electron chi connectivity index (χ2n) is 16.2. The second-order valence-corrected chi connectivity index (χ2v) is 16.2. The lowest BCUT2D eigenvalue weighted by molar-refractivity contribution is -0.150. The molecule has 0 radical (unpaired) electrons. The SMILES string of the molecule is CCCCCCC/C=C\C/C=C\CCCCCC(CCCCCCCC(=O)NC(CCCN)C(=O)O)OC(=O)CCCCCCC/C=C\CCCCCCCC. The molecule has 0 aliphatic rings. The number of esters is 1. The zero-order chi connectivity index (χ0) is 41.0. The summed E-state index contributed by atoms with van der Waals surface area (Å²) in [6.07, 6.45) is 51.9. The molecule has 0 spiro atoms. The molecule has 326 valence electrons. The van der Waals surface area contributed by atoms with Gasteiger partial charge in [0.25, 0.3) is 0 Å². The van der Waals surface area contributed by atoms with Gasteiger partial charge in [-0.25, -0.2) is 4.79 Å². The summed E-state index contributed by atoms with van der Waals surface area (Å²) in [5.41, 5.74) is 5.49. The Morgan fingerprint density at radius 2 is 0.929 bits per heavy atom. The molecule has 2 atom stereocenters. The van der Waals surface area contributed by atoms with Crippen molar-refractivity contribution in [2.24, 2.45) is 5.73 Å². The number of hydrogen-bond donors (Lipinski definition) is 3. The van der Waals surface area contributed by atoms with Crippen LogP contribution in [-0.4, -0.2) is 41.6 Å². The Morgan fingerprint density at radius 3 is 1.41 bits per heavy atom. The molecule has 0 fully saturated rings. The summed E-state index contributed by atoms with van der Waals surface area (Å²) >= 11 is 0. The van der Waals surface area contributed by atoms with E-state index in [1.54, 1.807) is 0 Å². The Balaban J connectivity index is 4.39. The lowest BCUT2D eigenvalue weighted by Crippen LogP contribution is -2.40. The Bertz CT molecular complexity index is 978. The number of aliphatic carboxylic acids is 1. The number of nitrogens with two attached hydrogens (primary N) is 1. The van der Waals surface area contributed by atoms with Crippen LogP contribution in [0.25, 0.3) is 0 Å². The standard InChI is InChI=1S/C49H90N2O5/c1-3-5-7-9-11-13-15-17-19-21-23-25-27-30-34-39-45(40-35-31-29-32-36-42-47(52)51-46(49(54)55)41-38-44-50)56-48(53)43-37-33-28-26-24-22-20-18-16-14-12-10-8-6-4-2/h15,17-18,20-21,23,45-46H,3-14,16,19,22,24-44,50H2,1-2H3,(H,51,52)(H,54,55)/b17-15-,20-18-,23-21-. The molecule has 0 aliphatic heterocycles.